The number of nitrogens with one attached hydrogen (secondary N) is 2. The number of benzene rings is 1. The van der Waals surface area contributed by atoms with Crippen LogP contribution in [0.3, 0.4) is 0 Å². The highest BCUT2D eigenvalue weighted by Crippen LogP contribution is 2.23. The van der Waals surface area contributed by atoms with Crippen molar-refractivity contribution >= 4 is 29.3 Å². The fourth-order valence-electron chi connectivity index (χ4n) is 2.73. The monoisotopic (exact) mass is 356 g/mol. The topological polar surface area (TPSA) is 102 Å². The Morgan fingerprint density at radius 3 is 2.88 bits per heavy atom. The van der Waals surface area contributed by atoms with E-state index in [9.17, 15) is 14.4 Å². The van der Waals surface area contributed by atoms with Crippen molar-refractivity contribution in [2.75, 3.05) is 17.2 Å². The Bertz CT molecular complexity index is 857. The van der Waals surface area contributed by atoms with Crippen LogP contribution in [0, 0.1) is 0 Å². The number of anilines is 2. The van der Waals surface area contributed by atoms with Crippen molar-refractivity contribution in [1.29, 1.82) is 0 Å². The molecule has 1 aromatic heterocycles. The number of ether oxygens (including phenoxy) is 1. The second kappa shape index (κ2) is 7.38. The van der Waals surface area contributed by atoms with E-state index in [1.54, 1.807) is 35.1 Å². The summed E-state index contributed by atoms with van der Waals surface area (Å²) in [7, 11) is 0. The Hall–Kier alpha value is -3.16. The molecule has 0 fully saturated rings. The van der Waals surface area contributed by atoms with E-state index in [1.807, 2.05) is 13.8 Å². The van der Waals surface area contributed by atoms with Gasteiger partial charge in [-0.3, -0.25) is 9.59 Å². The van der Waals surface area contributed by atoms with Crippen LogP contribution < -0.4 is 10.6 Å². The Kier molecular flexibility index (Phi) is 5.01. The summed E-state index contributed by atoms with van der Waals surface area (Å²) in [5.74, 6) is -0.515. The van der Waals surface area contributed by atoms with E-state index in [0.29, 0.717) is 29.9 Å². The minimum absolute atomic E-state index is 0.0369. The van der Waals surface area contributed by atoms with Gasteiger partial charge in [0.2, 0.25) is 5.91 Å². The number of carbonyl (C=O) groups excluding carboxylic acids is 3. The van der Waals surface area contributed by atoms with E-state index in [4.69, 9.17) is 4.74 Å². The smallest absolute Gasteiger partial charge is 0.338 e. The van der Waals surface area contributed by atoms with Gasteiger partial charge in [0, 0.05) is 24.2 Å². The van der Waals surface area contributed by atoms with E-state index in [-0.39, 0.29) is 11.9 Å². The maximum absolute atomic E-state index is 12.2. The molecule has 8 heteroatoms. The van der Waals surface area contributed by atoms with Gasteiger partial charge in [-0.2, -0.15) is 5.10 Å². The molecule has 1 aliphatic heterocycles. The summed E-state index contributed by atoms with van der Waals surface area (Å²) in [6.07, 6.45) is 2.55. The van der Waals surface area contributed by atoms with Gasteiger partial charge in [0.25, 0.3) is 5.91 Å². The van der Waals surface area contributed by atoms with Crippen LogP contribution in [0.5, 0.6) is 0 Å². The molecule has 8 nitrogen and oxygen atoms in total. The van der Waals surface area contributed by atoms with Crippen LogP contribution in [0.15, 0.2) is 30.5 Å². The molecule has 3 rings (SSSR count). The van der Waals surface area contributed by atoms with Crippen molar-refractivity contribution in [2.45, 2.75) is 32.7 Å². The molecule has 1 aromatic carbocycles. The summed E-state index contributed by atoms with van der Waals surface area (Å²) in [6.45, 7) is 3.50. The van der Waals surface area contributed by atoms with Crippen LogP contribution >= 0.6 is 0 Å². The summed E-state index contributed by atoms with van der Waals surface area (Å²) in [4.78, 5) is 35.5. The maximum Gasteiger partial charge on any atom is 0.338 e. The number of hydrogen-bond donors (Lipinski definition) is 2. The van der Waals surface area contributed by atoms with Crippen LogP contribution in [0.25, 0.3) is 0 Å². The van der Waals surface area contributed by atoms with Crippen LogP contribution in [0.4, 0.5) is 11.5 Å². The Balaban J connectivity index is 1.58. The molecule has 0 saturated carbocycles. The highest BCUT2D eigenvalue weighted by atomic mass is 16.5. The zero-order chi connectivity index (χ0) is 18.7. The van der Waals surface area contributed by atoms with Crippen molar-refractivity contribution in [3.8, 4) is 0 Å². The van der Waals surface area contributed by atoms with Gasteiger partial charge in [0.15, 0.2) is 6.61 Å². The predicted molar refractivity (Wildman–Crippen MR) is 94.9 cm³/mol. The predicted octanol–water partition coefficient (Wildman–Crippen LogP) is 2.14. The first-order valence-corrected chi connectivity index (χ1v) is 8.37. The molecule has 0 radical (unpaired) electrons. The van der Waals surface area contributed by atoms with E-state index in [1.165, 1.54) is 0 Å². The van der Waals surface area contributed by atoms with Crippen molar-refractivity contribution in [1.82, 2.24) is 9.78 Å². The maximum atomic E-state index is 12.2. The molecule has 2 amide bonds. The number of amides is 2. The van der Waals surface area contributed by atoms with Gasteiger partial charge in [0.05, 0.1) is 11.8 Å². The van der Waals surface area contributed by atoms with Crippen molar-refractivity contribution in [3.63, 3.8) is 0 Å². The molecule has 0 spiro atoms. The quantitative estimate of drug-likeness (QED) is 0.799. The Morgan fingerprint density at radius 1 is 1.31 bits per heavy atom. The molecule has 0 unspecified atom stereocenters. The minimum Gasteiger partial charge on any atom is -0.452 e. The lowest BCUT2D eigenvalue weighted by Crippen LogP contribution is -2.23. The van der Waals surface area contributed by atoms with Crippen molar-refractivity contribution in [2.24, 2.45) is 0 Å². The van der Waals surface area contributed by atoms with Gasteiger partial charge in [-0.1, -0.05) is 0 Å². The zero-order valence-corrected chi connectivity index (χ0v) is 14.6. The van der Waals surface area contributed by atoms with Gasteiger partial charge >= 0.3 is 5.97 Å². The van der Waals surface area contributed by atoms with E-state index < -0.39 is 18.5 Å². The number of esters is 1. The SMILES string of the molecule is CC(C)n1nccc1NC(=O)COC(=O)c1ccc2c(c1)CCC(=O)N2. The van der Waals surface area contributed by atoms with E-state index in [0.717, 1.165) is 5.56 Å². The second-order valence-electron chi connectivity index (χ2n) is 6.30. The molecule has 26 heavy (non-hydrogen) atoms. The summed E-state index contributed by atoms with van der Waals surface area (Å²) in [5, 5.41) is 9.54. The van der Waals surface area contributed by atoms with Crippen LogP contribution in [0.2, 0.25) is 0 Å². The molecular weight excluding hydrogens is 336 g/mol. The largest absolute Gasteiger partial charge is 0.452 e. The lowest BCUT2D eigenvalue weighted by molar-refractivity contribution is -0.119. The Labute approximate surface area is 150 Å². The van der Waals surface area contributed by atoms with Crippen molar-refractivity contribution < 1.29 is 19.1 Å². The molecular formula is C18H20N4O4. The number of aryl methyl sites for hydroxylation is 1. The summed E-state index contributed by atoms with van der Waals surface area (Å²) >= 11 is 0. The number of aromatic nitrogens is 2. The fraction of sp³-hybridized carbons (Fsp3) is 0.333. The van der Waals surface area contributed by atoms with E-state index in [2.05, 4.69) is 15.7 Å². The van der Waals surface area contributed by atoms with Gasteiger partial charge in [-0.25, -0.2) is 9.48 Å². The number of rotatable bonds is 5. The molecule has 0 bridgehead atoms. The van der Waals surface area contributed by atoms with Crippen LogP contribution in [0.1, 0.15) is 42.2 Å². The molecule has 2 N–H and O–H groups in total. The van der Waals surface area contributed by atoms with Gasteiger partial charge in [-0.15, -0.1) is 0 Å². The molecule has 0 aliphatic carbocycles. The minimum atomic E-state index is -0.586. The van der Waals surface area contributed by atoms with Crippen LogP contribution in [-0.4, -0.2) is 34.2 Å². The lowest BCUT2D eigenvalue weighted by atomic mass is 10.0. The van der Waals surface area contributed by atoms with Gasteiger partial charge in [0.1, 0.15) is 5.82 Å². The number of fused-ring (bicyclic) bond motifs is 1. The molecule has 2 aromatic rings. The summed E-state index contributed by atoms with van der Waals surface area (Å²) in [6, 6.07) is 6.70. The summed E-state index contributed by atoms with van der Waals surface area (Å²) in [5.41, 5.74) is 1.93. The third-order valence-corrected chi connectivity index (χ3v) is 4.00. The van der Waals surface area contributed by atoms with Gasteiger partial charge in [-0.05, 0) is 44.0 Å². The summed E-state index contributed by atoms with van der Waals surface area (Å²) < 4.78 is 6.75. The molecule has 0 atom stereocenters. The Morgan fingerprint density at radius 2 is 2.12 bits per heavy atom. The standard InChI is InChI=1S/C18H20N4O4/c1-11(2)22-15(7-8-19-22)21-17(24)10-26-18(25)13-3-5-14-12(9-13)4-6-16(23)20-14/h3,5,7-9,11H,4,6,10H2,1-2H3,(H,20,23)(H,21,24). The third-order valence-electron chi connectivity index (χ3n) is 4.00. The average molecular weight is 356 g/mol. The highest BCUT2D eigenvalue weighted by Gasteiger charge is 2.18. The van der Waals surface area contributed by atoms with Crippen LogP contribution in [-0.2, 0) is 20.7 Å². The fourth-order valence-corrected chi connectivity index (χ4v) is 2.73. The zero-order valence-electron chi connectivity index (χ0n) is 14.6. The molecule has 2 heterocycles. The average Bonchev–Trinajstić information content (AvgIpc) is 3.07. The number of carbonyl (C=O) groups is 3. The first-order valence-electron chi connectivity index (χ1n) is 8.37. The molecule has 1 aliphatic rings. The van der Waals surface area contributed by atoms with Gasteiger partial charge < -0.3 is 15.4 Å². The van der Waals surface area contributed by atoms with E-state index >= 15 is 0 Å². The molecule has 0 saturated heterocycles. The number of hydrogen-bond acceptors (Lipinski definition) is 5. The molecule has 136 valence electrons. The lowest BCUT2D eigenvalue weighted by Gasteiger charge is -2.17. The first-order chi connectivity index (χ1) is 12.4. The first kappa shape index (κ1) is 17.7. The third kappa shape index (κ3) is 3.90. The number of nitrogens with zero attached hydrogens (tertiary/aromatic N) is 2. The van der Waals surface area contributed by atoms with Crippen molar-refractivity contribution in [3.05, 3.63) is 41.6 Å². The normalized spacial score (nSPS) is 13.1. The highest BCUT2D eigenvalue weighted by molar-refractivity contribution is 5.97. The second-order valence-corrected chi connectivity index (χ2v) is 6.30.